The summed E-state index contributed by atoms with van der Waals surface area (Å²) in [6.07, 6.45) is -0.610. The second-order valence-corrected chi connectivity index (χ2v) is 8.03. The van der Waals surface area contributed by atoms with Gasteiger partial charge in [-0.05, 0) is 61.0 Å². The van der Waals surface area contributed by atoms with Gasteiger partial charge in [-0.2, -0.15) is 0 Å². The van der Waals surface area contributed by atoms with Gasteiger partial charge in [-0.15, -0.1) is 0 Å². The first kappa shape index (κ1) is 21.7. The van der Waals surface area contributed by atoms with Crippen LogP contribution in [0.1, 0.15) is 28.4 Å². The number of carbonyl (C=O) groups is 2. The van der Waals surface area contributed by atoms with Gasteiger partial charge in [-0.3, -0.25) is 9.59 Å². The quantitative estimate of drug-likeness (QED) is 0.599. The standard InChI is InChI=1S/C25H23ClN2O4/c1-16-25(30)28(14-17-6-8-20(26)9-7-17)15-19-12-21(10-11-23(19)32-16)27-24(29)18-4-3-5-22(13-18)31-2/h3-13,16H,14-15H2,1-2H3,(H,27,29)/t16-/m0/s1. The molecule has 2 amide bonds. The second kappa shape index (κ2) is 9.32. The first-order valence-electron chi connectivity index (χ1n) is 10.2. The Bertz CT molecular complexity index is 1150. The number of carbonyl (C=O) groups excluding carboxylic acids is 2. The van der Waals surface area contributed by atoms with E-state index in [2.05, 4.69) is 5.32 Å². The molecule has 0 radical (unpaired) electrons. The fraction of sp³-hybridized carbons (Fsp3) is 0.200. The molecule has 1 aliphatic heterocycles. The number of hydrogen-bond donors (Lipinski definition) is 1. The lowest BCUT2D eigenvalue weighted by Crippen LogP contribution is -2.37. The van der Waals surface area contributed by atoms with Crippen molar-refractivity contribution in [3.63, 3.8) is 0 Å². The van der Waals surface area contributed by atoms with Crippen LogP contribution >= 0.6 is 11.6 Å². The van der Waals surface area contributed by atoms with E-state index in [1.807, 2.05) is 18.2 Å². The maximum absolute atomic E-state index is 12.9. The van der Waals surface area contributed by atoms with Gasteiger partial charge in [0.1, 0.15) is 11.5 Å². The van der Waals surface area contributed by atoms with Crippen molar-refractivity contribution in [2.45, 2.75) is 26.1 Å². The molecule has 0 saturated heterocycles. The van der Waals surface area contributed by atoms with Crippen LogP contribution in [0.25, 0.3) is 0 Å². The lowest BCUT2D eigenvalue weighted by atomic mass is 10.1. The SMILES string of the molecule is COc1cccc(C(=O)Nc2ccc3c(c2)CN(Cc2ccc(Cl)cc2)C(=O)[C@H](C)O3)c1. The van der Waals surface area contributed by atoms with E-state index < -0.39 is 6.10 Å². The number of fused-ring (bicyclic) bond motifs is 1. The van der Waals surface area contributed by atoms with E-state index in [9.17, 15) is 9.59 Å². The Morgan fingerprint density at radius 1 is 1.16 bits per heavy atom. The predicted molar refractivity (Wildman–Crippen MR) is 123 cm³/mol. The van der Waals surface area contributed by atoms with Crippen molar-refractivity contribution in [2.75, 3.05) is 12.4 Å². The molecule has 3 aromatic rings. The minimum Gasteiger partial charge on any atom is -0.497 e. The van der Waals surface area contributed by atoms with Crippen LogP contribution in [0, 0.1) is 0 Å². The maximum Gasteiger partial charge on any atom is 0.263 e. The number of halogens is 1. The van der Waals surface area contributed by atoms with Gasteiger partial charge >= 0.3 is 0 Å². The maximum atomic E-state index is 12.9. The zero-order valence-corrected chi connectivity index (χ0v) is 18.6. The van der Waals surface area contributed by atoms with E-state index in [-0.39, 0.29) is 11.8 Å². The van der Waals surface area contributed by atoms with Crippen LogP contribution in [-0.4, -0.2) is 29.9 Å². The fourth-order valence-corrected chi connectivity index (χ4v) is 3.71. The van der Waals surface area contributed by atoms with Gasteiger partial charge in [-0.25, -0.2) is 0 Å². The molecule has 1 N–H and O–H groups in total. The Hall–Kier alpha value is -3.51. The van der Waals surface area contributed by atoms with Crippen molar-refractivity contribution in [3.8, 4) is 11.5 Å². The number of nitrogens with zero attached hydrogens (tertiary/aromatic N) is 1. The van der Waals surface area contributed by atoms with Crippen molar-refractivity contribution < 1.29 is 19.1 Å². The van der Waals surface area contributed by atoms with Crippen molar-refractivity contribution in [3.05, 3.63) is 88.4 Å². The third-order valence-corrected chi connectivity index (χ3v) is 5.51. The first-order valence-corrected chi connectivity index (χ1v) is 10.6. The molecule has 0 saturated carbocycles. The van der Waals surface area contributed by atoms with Crippen molar-refractivity contribution in [2.24, 2.45) is 0 Å². The van der Waals surface area contributed by atoms with Gasteiger partial charge < -0.3 is 19.7 Å². The van der Waals surface area contributed by atoms with E-state index in [4.69, 9.17) is 21.1 Å². The zero-order chi connectivity index (χ0) is 22.7. The Morgan fingerprint density at radius 2 is 1.94 bits per heavy atom. The molecule has 0 fully saturated rings. The Morgan fingerprint density at radius 3 is 2.69 bits per heavy atom. The highest BCUT2D eigenvalue weighted by Crippen LogP contribution is 2.30. The number of ether oxygens (including phenoxy) is 2. The summed E-state index contributed by atoms with van der Waals surface area (Å²) in [5.74, 6) is 0.890. The van der Waals surface area contributed by atoms with E-state index in [0.717, 1.165) is 11.1 Å². The van der Waals surface area contributed by atoms with Gasteiger partial charge in [0.15, 0.2) is 6.10 Å². The van der Waals surface area contributed by atoms with Crippen LogP contribution in [0.5, 0.6) is 11.5 Å². The summed E-state index contributed by atoms with van der Waals surface area (Å²) in [4.78, 5) is 27.3. The minimum atomic E-state index is -0.610. The van der Waals surface area contributed by atoms with Gasteiger partial charge in [0.25, 0.3) is 11.8 Å². The summed E-state index contributed by atoms with van der Waals surface area (Å²) < 4.78 is 11.1. The Balaban J connectivity index is 1.55. The van der Waals surface area contributed by atoms with E-state index in [1.165, 1.54) is 0 Å². The molecule has 6 nitrogen and oxygen atoms in total. The summed E-state index contributed by atoms with van der Waals surface area (Å²) >= 11 is 5.98. The fourth-order valence-electron chi connectivity index (χ4n) is 3.59. The summed E-state index contributed by atoms with van der Waals surface area (Å²) in [7, 11) is 1.56. The van der Waals surface area contributed by atoms with Crippen LogP contribution in [-0.2, 0) is 17.9 Å². The van der Waals surface area contributed by atoms with Crippen LogP contribution in [0.2, 0.25) is 5.02 Å². The van der Waals surface area contributed by atoms with Crippen molar-refractivity contribution >= 4 is 29.1 Å². The number of anilines is 1. The van der Waals surface area contributed by atoms with Gasteiger partial charge in [-0.1, -0.05) is 29.8 Å². The number of hydrogen-bond acceptors (Lipinski definition) is 4. The summed E-state index contributed by atoms with van der Waals surface area (Å²) in [6, 6.07) is 19.7. The number of nitrogens with one attached hydrogen (secondary N) is 1. The molecule has 1 aliphatic rings. The van der Waals surface area contributed by atoms with E-state index in [1.54, 1.807) is 67.5 Å². The molecule has 0 spiro atoms. The van der Waals surface area contributed by atoms with Gasteiger partial charge in [0, 0.05) is 34.9 Å². The topological polar surface area (TPSA) is 67.9 Å². The summed E-state index contributed by atoms with van der Waals surface area (Å²) in [5.41, 5.74) is 2.90. The molecular weight excluding hydrogens is 428 g/mol. The molecule has 3 aromatic carbocycles. The number of amides is 2. The third-order valence-electron chi connectivity index (χ3n) is 5.26. The second-order valence-electron chi connectivity index (χ2n) is 7.59. The highest BCUT2D eigenvalue weighted by atomic mass is 35.5. The molecule has 0 aromatic heterocycles. The van der Waals surface area contributed by atoms with E-state index in [0.29, 0.717) is 40.9 Å². The minimum absolute atomic E-state index is 0.0990. The summed E-state index contributed by atoms with van der Waals surface area (Å²) in [6.45, 7) is 2.54. The summed E-state index contributed by atoms with van der Waals surface area (Å²) in [5, 5.41) is 3.55. The molecule has 0 unspecified atom stereocenters. The lowest BCUT2D eigenvalue weighted by Gasteiger charge is -2.22. The molecule has 1 heterocycles. The van der Waals surface area contributed by atoms with Gasteiger partial charge in [0.2, 0.25) is 0 Å². The van der Waals surface area contributed by atoms with Crippen LogP contribution in [0.4, 0.5) is 5.69 Å². The predicted octanol–water partition coefficient (Wildman–Crippen LogP) is 4.91. The van der Waals surface area contributed by atoms with Gasteiger partial charge in [0.05, 0.1) is 7.11 Å². The highest BCUT2D eigenvalue weighted by Gasteiger charge is 2.28. The molecule has 164 valence electrons. The monoisotopic (exact) mass is 450 g/mol. The van der Waals surface area contributed by atoms with E-state index >= 15 is 0 Å². The lowest BCUT2D eigenvalue weighted by molar-refractivity contribution is -0.138. The molecule has 0 aliphatic carbocycles. The molecule has 0 bridgehead atoms. The Labute approximate surface area is 191 Å². The molecule has 1 atom stereocenters. The van der Waals surface area contributed by atoms with Crippen molar-refractivity contribution in [1.82, 2.24) is 4.90 Å². The number of benzene rings is 3. The zero-order valence-electron chi connectivity index (χ0n) is 17.8. The molecule has 4 rings (SSSR count). The van der Waals surface area contributed by atoms with Crippen LogP contribution < -0.4 is 14.8 Å². The average Bonchev–Trinajstić information content (AvgIpc) is 2.91. The molecular formula is C25H23ClN2O4. The number of rotatable bonds is 5. The number of methoxy groups -OCH3 is 1. The smallest absolute Gasteiger partial charge is 0.263 e. The average molecular weight is 451 g/mol. The van der Waals surface area contributed by atoms with Crippen LogP contribution in [0.3, 0.4) is 0 Å². The Kier molecular flexibility index (Phi) is 6.32. The highest BCUT2D eigenvalue weighted by molar-refractivity contribution is 6.30. The largest absolute Gasteiger partial charge is 0.497 e. The van der Waals surface area contributed by atoms with Crippen molar-refractivity contribution in [1.29, 1.82) is 0 Å². The molecule has 7 heteroatoms. The first-order chi connectivity index (χ1) is 15.4. The normalized spacial score (nSPS) is 15.4. The third kappa shape index (κ3) is 4.86. The molecule has 32 heavy (non-hydrogen) atoms. The van der Waals surface area contributed by atoms with Crippen LogP contribution in [0.15, 0.2) is 66.7 Å².